The Morgan fingerprint density at radius 3 is 2.57 bits per heavy atom. The first-order valence-electron chi connectivity index (χ1n) is 4.67. The third kappa shape index (κ3) is 3.83. The van der Waals surface area contributed by atoms with Gasteiger partial charge in [-0.25, -0.2) is 4.79 Å². The lowest BCUT2D eigenvalue weighted by Gasteiger charge is -2.03. The fourth-order valence-electron chi connectivity index (χ4n) is 1.04. The molecule has 0 aliphatic carbocycles. The SMILES string of the molecule is O=C(OCCCCS)c1ccccc1. The first-order valence-corrected chi connectivity index (χ1v) is 5.31. The van der Waals surface area contributed by atoms with E-state index in [-0.39, 0.29) is 5.97 Å². The van der Waals surface area contributed by atoms with Crippen LogP contribution in [0.3, 0.4) is 0 Å². The zero-order valence-electron chi connectivity index (χ0n) is 7.98. The Bertz CT molecular complexity index is 272. The van der Waals surface area contributed by atoms with E-state index in [1.807, 2.05) is 18.2 Å². The van der Waals surface area contributed by atoms with E-state index in [1.165, 1.54) is 0 Å². The van der Waals surface area contributed by atoms with Crippen molar-refractivity contribution >= 4 is 18.6 Å². The first kappa shape index (κ1) is 11.1. The molecule has 0 fully saturated rings. The third-order valence-corrected chi connectivity index (χ3v) is 2.11. The molecule has 0 heterocycles. The Kier molecular flexibility index (Phi) is 5.15. The summed E-state index contributed by atoms with van der Waals surface area (Å²) in [5.74, 6) is 0.591. The van der Waals surface area contributed by atoms with Crippen molar-refractivity contribution in [1.29, 1.82) is 0 Å². The Morgan fingerprint density at radius 1 is 1.21 bits per heavy atom. The van der Waals surface area contributed by atoms with Gasteiger partial charge in [-0.05, 0) is 30.7 Å². The summed E-state index contributed by atoms with van der Waals surface area (Å²) >= 11 is 4.07. The predicted molar refractivity (Wildman–Crippen MR) is 59.8 cm³/mol. The molecule has 0 bridgehead atoms. The maximum absolute atomic E-state index is 11.4. The molecule has 76 valence electrons. The summed E-state index contributed by atoms with van der Waals surface area (Å²) < 4.78 is 5.06. The summed E-state index contributed by atoms with van der Waals surface area (Å²) in [6.45, 7) is 0.480. The van der Waals surface area contributed by atoms with Crippen LogP contribution in [-0.2, 0) is 4.74 Å². The van der Waals surface area contributed by atoms with Crippen LogP contribution in [0.4, 0.5) is 0 Å². The number of carbonyl (C=O) groups is 1. The quantitative estimate of drug-likeness (QED) is 0.459. The van der Waals surface area contributed by atoms with Crippen LogP contribution in [0, 0.1) is 0 Å². The van der Waals surface area contributed by atoms with Gasteiger partial charge in [0.05, 0.1) is 12.2 Å². The monoisotopic (exact) mass is 210 g/mol. The average Bonchev–Trinajstić information content (AvgIpc) is 2.25. The van der Waals surface area contributed by atoms with Crippen molar-refractivity contribution in [2.75, 3.05) is 12.4 Å². The third-order valence-electron chi connectivity index (χ3n) is 1.80. The van der Waals surface area contributed by atoms with Gasteiger partial charge in [0.25, 0.3) is 0 Å². The molecule has 0 amide bonds. The molecular formula is C11H14O2S. The Balaban J connectivity index is 2.29. The number of hydrogen-bond acceptors (Lipinski definition) is 3. The molecule has 1 aromatic carbocycles. The highest BCUT2D eigenvalue weighted by molar-refractivity contribution is 7.80. The van der Waals surface area contributed by atoms with Crippen LogP contribution in [0.25, 0.3) is 0 Å². The lowest BCUT2D eigenvalue weighted by atomic mass is 10.2. The van der Waals surface area contributed by atoms with Gasteiger partial charge in [0.1, 0.15) is 0 Å². The number of benzene rings is 1. The highest BCUT2D eigenvalue weighted by Crippen LogP contribution is 2.02. The maximum Gasteiger partial charge on any atom is 0.338 e. The average molecular weight is 210 g/mol. The van der Waals surface area contributed by atoms with Gasteiger partial charge >= 0.3 is 5.97 Å². The minimum atomic E-state index is -0.246. The second kappa shape index (κ2) is 6.49. The van der Waals surface area contributed by atoms with Crippen molar-refractivity contribution in [3.63, 3.8) is 0 Å². The molecule has 1 rings (SSSR count). The summed E-state index contributed by atoms with van der Waals surface area (Å²) in [5.41, 5.74) is 0.610. The van der Waals surface area contributed by atoms with Crippen LogP contribution in [0.2, 0.25) is 0 Å². The van der Waals surface area contributed by atoms with E-state index in [9.17, 15) is 4.79 Å². The molecule has 0 atom stereocenters. The second-order valence-electron chi connectivity index (χ2n) is 2.93. The molecule has 0 spiro atoms. The lowest BCUT2D eigenvalue weighted by molar-refractivity contribution is 0.0500. The van der Waals surface area contributed by atoms with Gasteiger partial charge in [-0.3, -0.25) is 0 Å². The van der Waals surface area contributed by atoms with Gasteiger partial charge in [-0.15, -0.1) is 0 Å². The molecule has 3 heteroatoms. The van der Waals surface area contributed by atoms with Crippen LogP contribution < -0.4 is 0 Å². The predicted octanol–water partition coefficient (Wildman–Crippen LogP) is 2.55. The standard InChI is InChI=1S/C11H14O2S/c12-11(13-8-4-5-9-14)10-6-2-1-3-7-10/h1-3,6-7,14H,4-5,8-9H2. The van der Waals surface area contributed by atoms with E-state index < -0.39 is 0 Å². The molecule has 2 nitrogen and oxygen atoms in total. The number of carbonyl (C=O) groups excluding carboxylic acids is 1. The van der Waals surface area contributed by atoms with Gasteiger partial charge in [0, 0.05) is 0 Å². The molecule has 0 aliphatic rings. The van der Waals surface area contributed by atoms with Crippen molar-refractivity contribution in [2.24, 2.45) is 0 Å². The van der Waals surface area contributed by atoms with Crippen molar-refractivity contribution in [3.8, 4) is 0 Å². The minimum absolute atomic E-state index is 0.246. The Labute approximate surface area is 89.7 Å². The van der Waals surface area contributed by atoms with Gasteiger partial charge in [-0.1, -0.05) is 18.2 Å². The molecule has 0 unspecified atom stereocenters. The van der Waals surface area contributed by atoms with Crippen LogP contribution in [0.15, 0.2) is 30.3 Å². The molecule has 0 saturated heterocycles. The summed E-state index contributed by atoms with van der Waals surface area (Å²) in [5, 5.41) is 0. The van der Waals surface area contributed by atoms with Crippen molar-refractivity contribution in [2.45, 2.75) is 12.8 Å². The summed E-state index contributed by atoms with van der Waals surface area (Å²) in [4.78, 5) is 11.4. The molecule has 14 heavy (non-hydrogen) atoms. The van der Waals surface area contributed by atoms with Crippen molar-refractivity contribution < 1.29 is 9.53 Å². The Hall–Kier alpha value is -0.960. The number of esters is 1. The highest BCUT2D eigenvalue weighted by Gasteiger charge is 2.04. The van der Waals surface area contributed by atoms with Gasteiger partial charge < -0.3 is 4.74 Å². The van der Waals surface area contributed by atoms with E-state index in [4.69, 9.17) is 4.74 Å². The van der Waals surface area contributed by atoms with E-state index >= 15 is 0 Å². The fraction of sp³-hybridized carbons (Fsp3) is 0.364. The highest BCUT2D eigenvalue weighted by atomic mass is 32.1. The molecule has 0 N–H and O–H groups in total. The lowest BCUT2D eigenvalue weighted by Crippen LogP contribution is -2.06. The van der Waals surface area contributed by atoms with Gasteiger partial charge in [0.2, 0.25) is 0 Å². The Morgan fingerprint density at radius 2 is 1.93 bits per heavy atom. The van der Waals surface area contributed by atoms with Gasteiger partial charge in [-0.2, -0.15) is 12.6 Å². The topological polar surface area (TPSA) is 26.3 Å². The number of ether oxygens (including phenoxy) is 1. The summed E-state index contributed by atoms with van der Waals surface area (Å²) in [6.07, 6.45) is 1.85. The number of rotatable bonds is 5. The van der Waals surface area contributed by atoms with Gasteiger partial charge in [0.15, 0.2) is 0 Å². The molecule has 0 aromatic heterocycles. The van der Waals surface area contributed by atoms with E-state index in [2.05, 4.69) is 12.6 Å². The molecule has 1 aromatic rings. The van der Waals surface area contributed by atoms with E-state index in [1.54, 1.807) is 12.1 Å². The second-order valence-corrected chi connectivity index (χ2v) is 3.38. The van der Waals surface area contributed by atoms with Crippen LogP contribution in [0.5, 0.6) is 0 Å². The largest absolute Gasteiger partial charge is 0.462 e. The summed E-state index contributed by atoms with van der Waals surface area (Å²) in [6, 6.07) is 9.02. The zero-order valence-corrected chi connectivity index (χ0v) is 8.87. The smallest absolute Gasteiger partial charge is 0.338 e. The number of thiol groups is 1. The zero-order chi connectivity index (χ0) is 10.2. The summed E-state index contributed by atoms with van der Waals surface area (Å²) in [7, 11) is 0. The number of unbranched alkanes of at least 4 members (excludes halogenated alkanes) is 1. The number of hydrogen-bond donors (Lipinski definition) is 1. The van der Waals surface area contributed by atoms with Crippen LogP contribution in [0.1, 0.15) is 23.2 Å². The molecule has 0 aliphatic heterocycles. The molecule has 0 saturated carbocycles. The fourth-order valence-corrected chi connectivity index (χ4v) is 1.26. The van der Waals surface area contributed by atoms with Crippen molar-refractivity contribution in [3.05, 3.63) is 35.9 Å². The van der Waals surface area contributed by atoms with Crippen molar-refractivity contribution in [1.82, 2.24) is 0 Å². The van der Waals surface area contributed by atoms with E-state index in [0.29, 0.717) is 12.2 Å². The molecule has 0 radical (unpaired) electrons. The maximum atomic E-state index is 11.4. The normalized spacial score (nSPS) is 9.79. The molecular weight excluding hydrogens is 196 g/mol. The van der Waals surface area contributed by atoms with Crippen LogP contribution in [-0.4, -0.2) is 18.3 Å². The first-order chi connectivity index (χ1) is 6.84. The van der Waals surface area contributed by atoms with E-state index in [0.717, 1.165) is 18.6 Å². The van der Waals surface area contributed by atoms with Crippen LogP contribution >= 0.6 is 12.6 Å². The minimum Gasteiger partial charge on any atom is -0.462 e.